The normalized spacial score (nSPS) is 10.4. The van der Waals surface area contributed by atoms with Gasteiger partial charge in [-0.15, -0.1) is 5.10 Å². The summed E-state index contributed by atoms with van der Waals surface area (Å²) in [5, 5.41) is 22.8. The highest BCUT2D eigenvalue weighted by Gasteiger charge is 2.17. The van der Waals surface area contributed by atoms with E-state index in [1.54, 1.807) is 0 Å². The molecule has 0 atom stereocenters. The molecule has 1 aromatic heterocycles. The first-order valence-corrected chi connectivity index (χ1v) is 5.50. The number of nitro benzene ring substituents is 1. The largest absolute Gasteiger partial charge is 0.480 e. The number of halogens is 1. The predicted molar refractivity (Wildman–Crippen MR) is 65.5 cm³/mol. The van der Waals surface area contributed by atoms with Gasteiger partial charge in [0, 0.05) is 12.1 Å². The maximum absolute atomic E-state index is 11.4. The summed E-state index contributed by atoms with van der Waals surface area (Å²) in [5.74, 6) is -2.44. The fraction of sp³-hybridized carbons (Fsp3) is 0.100. The highest BCUT2D eigenvalue weighted by atomic mass is 35.5. The molecule has 0 amide bonds. The summed E-state index contributed by atoms with van der Waals surface area (Å²) in [4.78, 5) is 31.8. The minimum Gasteiger partial charge on any atom is -0.480 e. The van der Waals surface area contributed by atoms with E-state index in [-0.39, 0.29) is 22.2 Å². The van der Waals surface area contributed by atoms with Crippen molar-refractivity contribution in [2.24, 2.45) is 0 Å². The van der Waals surface area contributed by atoms with Crippen molar-refractivity contribution in [1.82, 2.24) is 9.78 Å². The number of aromatic nitrogens is 2. The van der Waals surface area contributed by atoms with Crippen molar-refractivity contribution in [2.75, 3.05) is 0 Å². The fourth-order valence-corrected chi connectivity index (χ4v) is 1.69. The molecule has 2 rings (SSSR count). The third-order valence-corrected chi connectivity index (χ3v) is 2.60. The van der Waals surface area contributed by atoms with Crippen LogP contribution in [0.5, 0.6) is 0 Å². The van der Waals surface area contributed by atoms with Gasteiger partial charge in [0.2, 0.25) is 0 Å². The number of benzene rings is 1. The molecule has 0 unspecified atom stereocenters. The Kier molecular flexibility index (Phi) is 3.53. The number of aliphatic carboxylic acids is 1. The molecule has 0 saturated carbocycles. The molecule has 0 fully saturated rings. The highest BCUT2D eigenvalue weighted by molar-refractivity contribution is 6.33. The van der Waals surface area contributed by atoms with E-state index in [4.69, 9.17) is 21.1 Å². The SMILES string of the molecule is O=C(O)Cn1nc(-c2ccc([N+](=O)[O-])cc2Cl)oc1=O. The average molecular weight is 300 g/mol. The maximum atomic E-state index is 11.4. The predicted octanol–water partition coefficient (Wildman–Crippen LogP) is 1.15. The van der Waals surface area contributed by atoms with E-state index < -0.39 is 23.2 Å². The Morgan fingerprint density at radius 1 is 1.55 bits per heavy atom. The monoisotopic (exact) mass is 299 g/mol. The Labute approximate surface area is 115 Å². The molecule has 0 aliphatic heterocycles. The average Bonchev–Trinajstić information content (AvgIpc) is 2.69. The van der Waals surface area contributed by atoms with Gasteiger partial charge in [-0.3, -0.25) is 14.9 Å². The topological polar surface area (TPSA) is 128 Å². The van der Waals surface area contributed by atoms with Crippen molar-refractivity contribution < 1.29 is 19.2 Å². The summed E-state index contributed by atoms with van der Waals surface area (Å²) < 4.78 is 5.37. The number of rotatable bonds is 4. The Balaban J connectivity index is 2.44. The molecular formula is C10H6ClN3O6. The lowest BCUT2D eigenvalue weighted by atomic mass is 10.2. The molecule has 0 spiro atoms. The van der Waals surface area contributed by atoms with E-state index >= 15 is 0 Å². The van der Waals surface area contributed by atoms with Crippen LogP contribution in [-0.2, 0) is 11.3 Å². The lowest BCUT2D eigenvalue weighted by Gasteiger charge is -1.98. The zero-order valence-corrected chi connectivity index (χ0v) is 10.4. The molecule has 0 saturated heterocycles. The molecule has 0 aliphatic carbocycles. The first-order valence-electron chi connectivity index (χ1n) is 5.12. The Morgan fingerprint density at radius 2 is 2.25 bits per heavy atom. The molecule has 0 radical (unpaired) electrons. The molecule has 1 N–H and O–H groups in total. The third-order valence-electron chi connectivity index (χ3n) is 2.29. The number of nitrogens with zero attached hydrogens (tertiary/aromatic N) is 3. The van der Waals surface area contributed by atoms with E-state index in [1.165, 1.54) is 6.07 Å². The van der Waals surface area contributed by atoms with Crippen LogP contribution in [0.4, 0.5) is 5.69 Å². The van der Waals surface area contributed by atoms with Gasteiger partial charge in [-0.05, 0) is 6.07 Å². The van der Waals surface area contributed by atoms with Crippen molar-refractivity contribution in [2.45, 2.75) is 6.54 Å². The van der Waals surface area contributed by atoms with Crippen LogP contribution in [0.15, 0.2) is 27.4 Å². The number of non-ortho nitro benzene ring substituents is 1. The zero-order chi connectivity index (χ0) is 14.9. The molecule has 20 heavy (non-hydrogen) atoms. The van der Waals surface area contributed by atoms with Gasteiger partial charge in [-0.1, -0.05) is 11.6 Å². The van der Waals surface area contributed by atoms with Crippen LogP contribution >= 0.6 is 11.6 Å². The second-order valence-electron chi connectivity index (χ2n) is 3.65. The summed E-state index contributed by atoms with van der Waals surface area (Å²) in [5.41, 5.74) is -0.0791. The lowest BCUT2D eigenvalue weighted by molar-refractivity contribution is -0.384. The molecule has 0 bridgehead atoms. The van der Waals surface area contributed by atoms with Crippen molar-refractivity contribution in [3.8, 4) is 11.5 Å². The summed E-state index contributed by atoms with van der Waals surface area (Å²) in [6.45, 7) is -0.660. The second-order valence-corrected chi connectivity index (χ2v) is 4.05. The van der Waals surface area contributed by atoms with Crippen molar-refractivity contribution in [1.29, 1.82) is 0 Å². The summed E-state index contributed by atoms with van der Waals surface area (Å²) in [7, 11) is 0. The smallest absolute Gasteiger partial charge is 0.437 e. The third kappa shape index (κ3) is 2.67. The molecule has 2 aromatic rings. The van der Waals surface area contributed by atoms with Crippen LogP contribution in [0.25, 0.3) is 11.5 Å². The van der Waals surface area contributed by atoms with E-state index in [0.717, 1.165) is 12.1 Å². The van der Waals surface area contributed by atoms with Gasteiger partial charge in [0.05, 0.1) is 15.5 Å². The molecular weight excluding hydrogens is 294 g/mol. The highest BCUT2D eigenvalue weighted by Crippen LogP contribution is 2.29. The fourth-order valence-electron chi connectivity index (χ4n) is 1.43. The van der Waals surface area contributed by atoms with Gasteiger partial charge in [0.25, 0.3) is 11.6 Å². The van der Waals surface area contributed by atoms with Gasteiger partial charge >= 0.3 is 11.7 Å². The molecule has 1 heterocycles. The summed E-state index contributed by atoms with van der Waals surface area (Å²) in [6.07, 6.45) is 0. The van der Waals surface area contributed by atoms with Gasteiger partial charge in [0.1, 0.15) is 6.54 Å². The zero-order valence-electron chi connectivity index (χ0n) is 9.65. The second kappa shape index (κ2) is 5.13. The number of carboxylic acid groups (broad SMARTS) is 1. The molecule has 10 heteroatoms. The molecule has 0 aliphatic rings. The van der Waals surface area contributed by atoms with Crippen LogP contribution in [0.1, 0.15) is 0 Å². The molecule has 9 nitrogen and oxygen atoms in total. The van der Waals surface area contributed by atoms with Crippen molar-refractivity contribution >= 4 is 23.3 Å². The van der Waals surface area contributed by atoms with Crippen molar-refractivity contribution in [3.05, 3.63) is 43.9 Å². The van der Waals surface area contributed by atoms with Crippen LogP contribution in [0, 0.1) is 10.1 Å². The standard InChI is InChI=1S/C10H6ClN3O6/c11-7-3-5(14(18)19)1-2-6(7)9-12-13(4-8(15)16)10(17)20-9/h1-3H,4H2,(H,15,16). The quantitative estimate of drug-likeness (QED) is 0.662. The van der Waals surface area contributed by atoms with Gasteiger partial charge in [0.15, 0.2) is 0 Å². The number of nitro groups is 1. The van der Waals surface area contributed by atoms with E-state index in [9.17, 15) is 19.7 Å². The first-order chi connectivity index (χ1) is 9.38. The van der Waals surface area contributed by atoms with Crippen LogP contribution in [-0.4, -0.2) is 25.8 Å². The number of hydrogen-bond donors (Lipinski definition) is 1. The van der Waals surface area contributed by atoms with Crippen molar-refractivity contribution in [3.63, 3.8) is 0 Å². The maximum Gasteiger partial charge on any atom is 0.437 e. The Morgan fingerprint density at radius 3 is 2.80 bits per heavy atom. The van der Waals surface area contributed by atoms with Gasteiger partial charge in [-0.2, -0.15) is 4.68 Å². The Hall–Kier alpha value is -2.68. The van der Waals surface area contributed by atoms with E-state index in [1.807, 2.05) is 0 Å². The number of carbonyl (C=O) groups is 1. The van der Waals surface area contributed by atoms with E-state index in [2.05, 4.69) is 5.10 Å². The lowest BCUT2D eigenvalue weighted by Crippen LogP contribution is -2.20. The number of hydrogen-bond acceptors (Lipinski definition) is 6. The van der Waals surface area contributed by atoms with Gasteiger partial charge < -0.3 is 9.52 Å². The number of carboxylic acids is 1. The molecule has 104 valence electrons. The van der Waals surface area contributed by atoms with Gasteiger partial charge in [-0.25, -0.2) is 4.79 Å². The summed E-state index contributed by atoms with van der Waals surface area (Å²) >= 11 is 5.84. The first kappa shape index (κ1) is 13.7. The van der Waals surface area contributed by atoms with Crippen LogP contribution < -0.4 is 5.76 Å². The summed E-state index contributed by atoms with van der Waals surface area (Å²) in [6, 6.07) is 3.50. The minimum atomic E-state index is -1.26. The molecule has 1 aromatic carbocycles. The van der Waals surface area contributed by atoms with Crippen LogP contribution in [0.3, 0.4) is 0 Å². The van der Waals surface area contributed by atoms with Crippen LogP contribution in [0.2, 0.25) is 5.02 Å². The Bertz CT molecular complexity index is 750. The van der Waals surface area contributed by atoms with E-state index in [0.29, 0.717) is 4.68 Å². The minimum absolute atomic E-state index is 0.0390.